The number of rotatable bonds is 6. The normalized spacial score (nSPS) is 12.3. The number of hydrogen-bond donors (Lipinski definition) is 0. The van der Waals surface area contributed by atoms with Crippen molar-refractivity contribution < 1.29 is 27.1 Å². The Hall–Kier alpha value is -1.59. The third kappa shape index (κ3) is 4.89. The molecule has 0 saturated carbocycles. The van der Waals surface area contributed by atoms with E-state index < -0.39 is 30.8 Å². The van der Waals surface area contributed by atoms with Crippen LogP contribution in [0.1, 0.15) is 18.9 Å². The molecule has 0 aliphatic heterocycles. The van der Waals surface area contributed by atoms with E-state index in [0.29, 0.717) is 5.56 Å². The van der Waals surface area contributed by atoms with E-state index >= 15 is 0 Å². The Morgan fingerprint density at radius 3 is 2.26 bits per heavy atom. The highest BCUT2D eigenvalue weighted by Crippen LogP contribution is 2.36. The number of halogens is 4. The lowest BCUT2D eigenvalue weighted by Crippen LogP contribution is -2.38. The number of hydrogen-bond acceptors (Lipinski definition) is 2. The van der Waals surface area contributed by atoms with Crippen molar-refractivity contribution in [2.75, 3.05) is 6.61 Å². The van der Waals surface area contributed by atoms with E-state index in [-0.39, 0.29) is 13.3 Å². The summed E-state index contributed by atoms with van der Waals surface area (Å²) in [7, 11) is 0. The third-order valence-electron chi connectivity index (χ3n) is 2.51. The number of esters is 1. The first-order valence-corrected chi connectivity index (χ1v) is 5.67. The molecule has 0 amide bonds. The zero-order chi connectivity index (χ0) is 14.5. The molecule has 0 saturated heterocycles. The highest BCUT2D eigenvalue weighted by Gasteiger charge is 2.51. The second-order valence-corrected chi connectivity index (χ2v) is 4.23. The minimum Gasteiger partial charge on any atom is -0.465 e. The zero-order valence-corrected chi connectivity index (χ0v) is 10.3. The first-order chi connectivity index (χ1) is 8.72. The first-order valence-electron chi connectivity index (χ1n) is 5.67. The molecule has 0 bridgehead atoms. The molecule has 0 aliphatic rings. The van der Waals surface area contributed by atoms with Gasteiger partial charge in [0.1, 0.15) is 0 Å². The van der Waals surface area contributed by atoms with Gasteiger partial charge in [0.15, 0.2) is 0 Å². The molecule has 0 radical (unpaired) electrons. The lowest BCUT2D eigenvalue weighted by molar-refractivity contribution is -0.206. The Morgan fingerprint density at radius 1 is 1.16 bits per heavy atom. The molecular formula is C13H14F4O2. The Bertz CT molecular complexity index is 412. The average molecular weight is 278 g/mol. The van der Waals surface area contributed by atoms with Gasteiger partial charge in [0.05, 0.1) is 19.4 Å². The summed E-state index contributed by atoms with van der Waals surface area (Å²) in [6, 6.07) is 8.55. The molecule has 2 nitrogen and oxygen atoms in total. The number of carbonyl (C=O) groups excluding carboxylic acids is 1. The van der Waals surface area contributed by atoms with Crippen LogP contribution in [0.5, 0.6) is 0 Å². The Morgan fingerprint density at radius 2 is 1.74 bits per heavy atom. The van der Waals surface area contributed by atoms with Gasteiger partial charge in [-0.15, -0.1) is 0 Å². The van der Waals surface area contributed by atoms with Crippen molar-refractivity contribution in [3.63, 3.8) is 0 Å². The number of carbonyl (C=O) groups is 1. The SMILES string of the molecule is CC(F)(F)C(F)(F)CCOC(=O)Cc1ccccc1. The lowest BCUT2D eigenvalue weighted by atomic mass is 10.1. The Balaban J connectivity index is 2.36. The molecule has 0 fully saturated rings. The van der Waals surface area contributed by atoms with Crippen LogP contribution in [-0.2, 0) is 16.0 Å². The molecule has 1 rings (SSSR count). The van der Waals surface area contributed by atoms with Crippen molar-refractivity contribution in [1.82, 2.24) is 0 Å². The molecule has 0 spiro atoms. The fourth-order valence-electron chi connectivity index (χ4n) is 1.33. The lowest BCUT2D eigenvalue weighted by Gasteiger charge is -2.22. The molecule has 6 heteroatoms. The van der Waals surface area contributed by atoms with Crippen LogP contribution in [0.2, 0.25) is 0 Å². The van der Waals surface area contributed by atoms with E-state index in [1.54, 1.807) is 30.3 Å². The minimum atomic E-state index is -4.18. The molecule has 1 aromatic rings. The number of alkyl halides is 4. The van der Waals surface area contributed by atoms with Gasteiger partial charge in [-0.2, -0.15) is 8.78 Å². The van der Waals surface area contributed by atoms with Crippen molar-refractivity contribution in [1.29, 1.82) is 0 Å². The molecule has 0 aromatic heterocycles. The zero-order valence-electron chi connectivity index (χ0n) is 10.3. The highest BCUT2D eigenvalue weighted by molar-refractivity contribution is 5.72. The van der Waals surface area contributed by atoms with E-state index in [1.165, 1.54) is 0 Å². The van der Waals surface area contributed by atoms with Crippen LogP contribution in [0, 0.1) is 0 Å². The van der Waals surface area contributed by atoms with Crippen molar-refractivity contribution in [2.24, 2.45) is 0 Å². The predicted molar refractivity (Wildman–Crippen MR) is 61.3 cm³/mol. The highest BCUT2D eigenvalue weighted by atomic mass is 19.3. The quantitative estimate of drug-likeness (QED) is 0.588. The van der Waals surface area contributed by atoms with Crippen LogP contribution in [0.15, 0.2) is 30.3 Å². The van der Waals surface area contributed by atoms with Crippen LogP contribution >= 0.6 is 0 Å². The fraction of sp³-hybridized carbons (Fsp3) is 0.462. The molecule has 0 unspecified atom stereocenters. The summed E-state index contributed by atoms with van der Waals surface area (Å²) in [6.07, 6.45) is -1.27. The summed E-state index contributed by atoms with van der Waals surface area (Å²) in [5, 5.41) is 0. The van der Waals surface area contributed by atoms with Gasteiger partial charge in [0, 0.05) is 6.92 Å². The molecule has 19 heavy (non-hydrogen) atoms. The van der Waals surface area contributed by atoms with E-state index in [1.807, 2.05) is 0 Å². The fourth-order valence-corrected chi connectivity index (χ4v) is 1.33. The maximum absolute atomic E-state index is 12.9. The third-order valence-corrected chi connectivity index (χ3v) is 2.51. The van der Waals surface area contributed by atoms with Crippen molar-refractivity contribution in [3.8, 4) is 0 Å². The second-order valence-electron chi connectivity index (χ2n) is 4.23. The topological polar surface area (TPSA) is 26.3 Å². The van der Waals surface area contributed by atoms with Crippen molar-refractivity contribution in [3.05, 3.63) is 35.9 Å². The standard InChI is InChI=1S/C13H14F4O2/c1-12(14,15)13(16,17)7-8-19-11(18)9-10-5-3-2-4-6-10/h2-6H,7-9H2,1H3. The summed E-state index contributed by atoms with van der Waals surface area (Å²) in [5.74, 6) is -9.03. The van der Waals surface area contributed by atoms with Crippen LogP contribution in [0.3, 0.4) is 0 Å². The van der Waals surface area contributed by atoms with Crippen molar-refractivity contribution >= 4 is 5.97 Å². The molecular weight excluding hydrogens is 264 g/mol. The molecule has 0 heterocycles. The van der Waals surface area contributed by atoms with E-state index in [4.69, 9.17) is 0 Å². The largest absolute Gasteiger partial charge is 0.465 e. The molecule has 0 atom stereocenters. The monoisotopic (exact) mass is 278 g/mol. The summed E-state index contributed by atoms with van der Waals surface area (Å²) in [6.45, 7) is -0.596. The summed E-state index contributed by atoms with van der Waals surface area (Å²) in [4.78, 5) is 11.3. The Labute approximate surface area is 108 Å². The van der Waals surface area contributed by atoms with E-state index in [2.05, 4.69) is 4.74 Å². The van der Waals surface area contributed by atoms with Gasteiger partial charge in [-0.3, -0.25) is 4.79 Å². The summed E-state index contributed by atoms with van der Waals surface area (Å²) < 4.78 is 55.2. The second kappa shape index (κ2) is 6.04. The van der Waals surface area contributed by atoms with Gasteiger partial charge < -0.3 is 4.74 Å². The number of benzene rings is 1. The molecule has 1 aromatic carbocycles. The molecule has 0 N–H and O–H groups in total. The van der Waals surface area contributed by atoms with Crippen LogP contribution in [-0.4, -0.2) is 24.4 Å². The van der Waals surface area contributed by atoms with Gasteiger partial charge in [-0.1, -0.05) is 30.3 Å². The van der Waals surface area contributed by atoms with Gasteiger partial charge >= 0.3 is 17.8 Å². The van der Waals surface area contributed by atoms with Gasteiger partial charge in [0.25, 0.3) is 0 Å². The van der Waals surface area contributed by atoms with Gasteiger partial charge in [-0.25, -0.2) is 8.78 Å². The average Bonchev–Trinajstić information content (AvgIpc) is 2.28. The summed E-state index contributed by atoms with van der Waals surface area (Å²) in [5.41, 5.74) is 0.667. The Kier molecular flexibility index (Phi) is 4.91. The predicted octanol–water partition coefficient (Wildman–Crippen LogP) is 3.45. The van der Waals surface area contributed by atoms with Crippen molar-refractivity contribution in [2.45, 2.75) is 31.6 Å². The van der Waals surface area contributed by atoms with Crippen LogP contribution in [0.4, 0.5) is 17.6 Å². The van der Waals surface area contributed by atoms with E-state index in [9.17, 15) is 22.4 Å². The minimum absolute atomic E-state index is 0.0745. The van der Waals surface area contributed by atoms with E-state index in [0.717, 1.165) is 0 Å². The smallest absolute Gasteiger partial charge is 0.313 e. The maximum atomic E-state index is 12.9. The summed E-state index contributed by atoms with van der Waals surface area (Å²) >= 11 is 0. The van der Waals surface area contributed by atoms with Gasteiger partial charge in [-0.05, 0) is 5.56 Å². The van der Waals surface area contributed by atoms with Crippen LogP contribution < -0.4 is 0 Å². The maximum Gasteiger partial charge on any atom is 0.313 e. The van der Waals surface area contributed by atoms with Crippen LogP contribution in [0.25, 0.3) is 0 Å². The first kappa shape index (κ1) is 15.5. The van der Waals surface area contributed by atoms with Gasteiger partial charge in [0.2, 0.25) is 0 Å². The molecule has 106 valence electrons. The number of ether oxygens (including phenoxy) is 1. The molecule has 0 aliphatic carbocycles.